The number of hydrogen-bond donors (Lipinski definition) is 2. The molecular formula is C15H23NO2. The van der Waals surface area contributed by atoms with Crippen LogP contribution in [-0.4, -0.2) is 24.4 Å². The minimum absolute atomic E-state index is 0.203. The van der Waals surface area contributed by atoms with Crippen LogP contribution in [-0.2, 0) is 13.0 Å². The molecule has 1 atom stereocenters. The molecule has 0 fully saturated rings. The van der Waals surface area contributed by atoms with Gasteiger partial charge in [0, 0.05) is 13.0 Å². The van der Waals surface area contributed by atoms with Crippen LogP contribution in [0.2, 0.25) is 0 Å². The van der Waals surface area contributed by atoms with E-state index >= 15 is 0 Å². The molecule has 3 nitrogen and oxygen atoms in total. The van der Waals surface area contributed by atoms with E-state index in [0.29, 0.717) is 5.92 Å². The van der Waals surface area contributed by atoms with E-state index in [1.807, 2.05) is 13.8 Å². The van der Waals surface area contributed by atoms with Gasteiger partial charge in [0.15, 0.2) is 0 Å². The monoisotopic (exact) mass is 249 g/mol. The van der Waals surface area contributed by atoms with E-state index in [1.54, 1.807) is 0 Å². The lowest BCUT2D eigenvalue weighted by Crippen LogP contribution is -2.23. The van der Waals surface area contributed by atoms with Crippen LogP contribution < -0.4 is 10.1 Å². The summed E-state index contributed by atoms with van der Waals surface area (Å²) in [5.41, 5.74) is 2.61. The second-order valence-electron chi connectivity index (χ2n) is 5.32. The summed E-state index contributed by atoms with van der Waals surface area (Å²) in [7, 11) is 0. The van der Waals surface area contributed by atoms with Gasteiger partial charge in [0.1, 0.15) is 5.75 Å². The fraction of sp³-hybridized carbons (Fsp3) is 0.600. The van der Waals surface area contributed by atoms with Crippen LogP contribution in [0.3, 0.4) is 0 Å². The van der Waals surface area contributed by atoms with Gasteiger partial charge in [-0.1, -0.05) is 26.0 Å². The summed E-state index contributed by atoms with van der Waals surface area (Å²) in [6, 6.07) is 6.38. The van der Waals surface area contributed by atoms with Crippen LogP contribution in [0.5, 0.6) is 5.75 Å². The average molecular weight is 249 g/mol. The number of rotatable bonds is 6. The Balaban J connectivity index is 1.74. The van der Waals surface area contributed by atoms with Crippen LogP contribution in [0.15, 0.2) is 18.2 Å². The molecule has 0 aromatic heterocycles. The minimum atomic E-state index is -0.203. The van der Waals surface area contributed by atoms with Gasteiger partial charge in [0.05, 0.1) is 12.7 Å². The highest BCUT2D eigenvalue weighted by Gasteiger charge is 2.12. The van der Waals surface area contributed by atoms with Crippen molar-refractivity contribution in [1.29, 1.82) is 0 Å². The van der Waals surface area contributed by atoms with E-state index in [-0.39, 0.29) is 6.10 Å². The summed E-state index contributed by atoms with van der Waals surface area (Å²) in [5.74, 6) is 1.37. The first-order valence-electron chi connectivity index (χ1n) is 6.80. The summed E-state index contributed by atoms with van der Waals surface area (Å²) >= 11 is 0. The zero-order valence-electron chi connectivity index (χ0n) is 11.3. The second kappa shape index (κ2) is 6.21. The largest absolute Gasteiger partial charge is 0.493 e. The van der Waals surface area contributed by atoms with Crippen molar-refractivity contribution in [3.63, 3.8) is 0 Å². The Morgan fingerprint density at radius 3 is 3.00 bits per heavy atom. The van der Waals surface area contributed by atoms with E-state index in [0.717, 1.165) is 38.3 Å². The summed E-state index contributed by atoms with van der Waals surface area (Å²) in [6.07, 6.45) is 1.63. The van der Waals surface area contributed by atoms with Crippen LogP contribution in [0.4, 0.5) is 0 Å². The first kappa shape index (κ1) is 13.4. The van der Waals surface area contributed by atoms with Gasteiger partial charge >= 0.3 is 0 Å². The van der Waals surface area contributed by atoms with Crippen molar-refractivity contribution in [2.75, 3.05) is 13.2 Å². The van der Waals surface area contributed by atoms with Crippen molar-refractivity contribution < 1.29 is 9.84 Å². The molecule has 0 aliphatic carbocycles. The molecule has 0 saturated heterocycles. The second-order valence-corrected chi connectivity index (χ2v) is 5.32. The van der Waals surface area contributed by atoms with E-state index in [9.17, 15) is 5.11 Å². The molecule has 2 N–H and O–H groups in total. The SMILES string of the molecule is CC(C)C(O)CCNCc1ccc2c(c1)CCO2. The van der Waals surface area contributed by atoms with Crippen molar-refractivity contribution in [1.82, 2.24) is 5.32 Å². The molecule has 0 radical (unpaired) electrons. The lowest BCUT2D eigenvalue weighted by molar-refractivity contribution is 0.116. The molecule has 2 rings (SSSR count). The van der Waals surface area contributed by atoms with Gasteiger partial charge in [-0.15, -0.1) is 0 Å². The van der Waals surface area contributed by atoms with Gasteiger partial charge in [-0.2, -0.15) is 0 Å². The third-order valence-corrected chi connectivity index (χ3v) is 3.47. The standard InChI is InChI=1S/C15H23NO2/c1-11(2)14(17)5-7-16-10-12-3-4-15-13(9-12)6-8-18-15/h3-4,9,11,14,16-17H,5-8,10H2,1-2H3. The normalized spacial score (nSPS) is 15.6. The third kappa shape index (κ3) is 3.47. The van der Waals surface area contributed by atoms with E-state index in [1.165, 1.54) is 11.1 Å². The molecule has 0 saturated carbocycles. The molecule has 0 bridgehead atoms. The molecule has 3 heteroatoms. The molecule has 1 heterocycles. The van der Waals surface area contributed by atoms with Crippen molar-refractivity contribution in [2.24, 2.45) is 5.92 Å². The maximum atomic E-state index is 9.69. The summed E-state index contributed by atoms with van der Waals surface area (Å²) in [4.78, 5) is 0. The van der Waals surface area contributed by atoms with Crippen LogP contribution in [0.25, 0.3) is 0 Å². The molecule has 1 aliphatic heterocycles. The van der Waals surface area contributed by atoms with E-state index in [2.05, 4.69) is 23.5 Å². The lowest BCUT2D eigenvalue weighted by Gasteiger charge is -2.14. The summed E-state index contributed by atoms with van der Waals surface area (Å²) in [6.45, 7) is 6.62. The molecule has 1 aromatic carbocycles. The number of benzene rings is 1. The van der Waals surface area contributed by atoms with Gasteiger partial charge < -0.3 is 15.2 Å². The fourth-order valence-corrected chi connectivity index (χ4v) is 2.17. The Hall–Kier alpha value is -1.06. The predicted molar refractivity (Wildman–Crippen MR) is 72.8 cm³/mol. The Morgan fingerprint density at radius 1 is 1.39 bits per heavy atom. The maximum Gasteiger partial charge on any atom is 0.122 e. The van der Waals surface area contributed by atoms with Crippen molar-refractivity contribution in [2.45, 2.75) is 39.3 Å². The topological polar surface area (TPSA) is 41.5 Å². The zero-order valence-corrected chi connectivity index (χ0v) is 11.3. The summed E-state index contributed by atoms with van der Waals surface area (Å²) in [5, 5.41) is 13.1. The Labute approximate surface area is 109 Å². The average Bonchev–Trinajstić information content (AvgIpc) is 2.81. The Morgan fingerprint density at radius 2 is 2.22 bits per heavy atom. The molecule has 100 valence electrons. The smallest absolute Gasteiger partial charge is 0.122 e. The van der Waals surface area contributed by atoms with E-state index in [4.69, 9.17) is 4.74 Å². The van der Waals surface area contributed by atoms with Crippen molar-refractivity contribution >= 4 is 0 Å². The minimum Gasteiger partial charge on any atom is -0.493 e. The first-order chi connectivity index (χ1) is 8.66. The highest BCUT2D eigenvalue weighted by atomic mass is 16.5. The zero-order chi connectivity index (χ0) is 13.0. The third-order valence-electron chi connectivity index (χ3n) is 3.47. The molecule has 0 amide bonds. The van der Waals surface area contributed by atoms with Crippen molar-refractivity contribution in [3.05, 3.63) is 29.3 Å². The number of aliphatic hydroxyl groups excluding tert-OH is 1. The van der Waals surface area contributed by atoms with Gasteiger partial charge in [-0.25, -0.2) is 0 Å². The molecular weight excluding hydrogens is 226 g/mol. The highest BCUT2D eigenvalue weighted by molar-refractivity contribution is 5.39. The molecule has 18 heavy (non-hydrogen) atoms. The molecule has 1 aromatic rings. The van der Waals surface area contributed by atoms with Crippen LogP contribution >= 0.6 is 0 Å². The first-order valence-corrected chi connectivity index (χ1v) is 6.80. The Kier molecular flexibility index (Phi) is 4.61. The van der Waals surface area contributed by atoms with Gasteiger partial charge in [0.2, 0.25) is 0 Å². The van der Waals surface area contributed by atoms with Crippen molar-refractivity contribution in [3.8, 4) is 5.75 Å². The molecule has 1 aliphatic rings. The van der Waals surface area contributed by atoms with Crippen LogP contribution in [0.1, 0.15) is 31.4 Å². The lowest BCUT2D eigenvalue weighted by atomic mass is 10.0. The van der Waals surface area contributed by atoms with E-state index < -0.39 is 0 Å². The highest BCUT2D eigenvalue weighted by Crippen LogP contribution is 2.25. The number of nitrogens with one attached hydrogen (secondary N) is 1. The number of hydrogen-bond acceptors (Lipinski definition) is 3. The fourth-order valence-electron chi connectivity index (χ4n) is 2.17. The quantitative estimate of drug-likeness (QED) is 0.759. The maximum absolute atomic E-state index is 9.69. The number of aliphatic hydroxyl groups is 1. The van der Waals surface area contributed by atoms with Gasteiger partial charge in [-0.05, 0) is 36.1 Å². The predicted octanol–water partition coefficient (Wildman–Crippen LogP) is 2.12. The number of ether oxygens (including phenoxy) is 1. The van der Waals surface area contributed by atoms with Gasteiger partial charge in [-0.3, -0.25) is 0 Å². The number of fused-ring (bicyclic) bond motifs is 1. The van der Waals surface area contributed by atoms with Gasteiger partial charge in [0.25, 0.3) is 0 Å². The summed E-state index contributed by atoms with van der Waals surface area (Å²) < 4.78 is 5.48. The molecule has 0 spiro atoms. The van der Waals surface area contributed by atoms with Crippen LogP contribution in [0, 0.1) is 5.92 Å². The Bertz CT molecular complexity index is 390. The molecule has 1 unspecified atom stereocenters.